The van der Waals surface area contributed by atoms with E-state index >= 15 is 0 Å². The van der Waals surface area contributed by atoms with E-state index in [1.807, 2.05) is 12.1 Å². The molecule has 1 aliphatic heterocycles. The van der Waals surface area contributed by atoms with Crippen LogP contribution in [0.1, 0.15) is 11.1 Å². The van der Waals surface area contributed by atoms with E-state index in [1.165, 1.54) is 12.1 Å². The van der Waals surface area contributed by atoms with Crippen LogP contribution < -0.4 is 10.6 Å². The standard InChI is InChI=1S/C21H25Cl2N3O4S/c1-31(28,29)18-5-2-15(3-6-18)11-24-21(27)25-12-17-14-26(8-9-30-17)13-16-4-7-19(22)20(23)10-16/h2-7,10,17H,8-9,11-14H2,1H3,(H2,24,25,27). The van der Waals surface area contributed by atoms with Gasteiger partial charge in [-0.05, 0) is 35.4 Å². The van der Waals surface area contributed by atoms with Crippen molar-refractivity contribution in [3.05, 3.63) is 63.6 Å². The maximum atomic E-state index is 12.1. The van der Waals surface area contributed by atoms with E-state index in [1.54, 1.807) is 18.2 Å². The van der Waals surface area contributed by atoms with Crippen molar-refractivity contribution in [3.8, 4) is 0 Å². The minimum atomic E-state index is -3.23. The van der Waals surface area contributed by atoms with E-state index in [4.69, 9.17) is 27.9 Å². The Kier molecular flexibility index (Phi) is 8.18. The predicted octanol–water partition coefficient (Wildman–Crippen LogP) is 3.10. The fraction of sp³-hybridized carbons (Fsp3) is 0.381. The van der Waals surface area contributed by atoms with Gasteiger partial charge in [0.1, 0.15) is 0 Å². The molecule has 1 aliphatic rings. The third-order valence-electron chi connectivity index (χ3n) is 4.91. The van der Waals surface area contributed by atoms with Crippen LogP contribution in [0.5, 0.6) is 0 Å². The topological polar surface area (TPSA) is 87.7 Å². The first-order valence-electron chi connectivity index (χ1n) is 9.79. The molecule has 1 heterocycles. The van der Waals surface area contributed by atoms with Gasteiger partial charge in [-0.2, -0.15) is 0 Å². The highest BCUT2D eigenvalue weighted by Gasteiger charge is 2.21. The molecule has 2 amide bonds. The first kappa shape index (κ1) is 23.8. The monoisotopic (exact) mass is 485 g/mol. The molecule has 0 spiro atoms. The van der Waals surface area contributed by atoms with Gasteiger partial charge >= 0.3 is 6.03 Å². The molecule has 2 aromatic carbocycles. The summed E-state index contributed by atoms with van der Waals surface area (Å²) in [6.07, 6.45) is 1.04. The summed E-state index contributed by atoms with van der Waals surface area (Å²) in [5.41, 5.74) is 1.88. The molecular weight excluding hydrogens is 461 g/mol. The maximum absolute atomic E-state index is 12.1. The molecule has 0 saturated carbocycles. The number of carbonyl (C=O) groups excluding carboxylic acids is 1. The molecule has 1 unspecified atom stereocenters. The van der Waals surface area contributed by atoms with Crippen LogP contribution in [0.4, 0.5) is 4.79 Å². The summed E-state index contributed by atoms with van der Waals surface area (Å²) in [6, 6.07) is 11.7. The molecule has 2 N–H and O–H groups in total. The van der Waals surface area contributed by atoms with E-state index in [0.717, 1.165) is 30.5 Å². The average Bonchev–Trinajstić information content (AvgIpc) is 2.73. The summed E-state index contributed by atoms with van der Waals surface area (Å²) in [5.74, 6) is 0. The first-order valence-corrected chi connectivity index (χ1v) is 12.4. The molecule has 0 bridgehead atoms. The van der Waals surface area contributed by atoms with E-state index in [9.17, 15) is 13.2 Å². The zero-order valence-corrected chi connectivity index (χ0v) is 19.4. The smallest absolute Gasteiger partial charge is 0.315 e. The number of carbonyl (C=O) groups is 1. The maximum Gasteiger partial charge on any atom is 0.315 e. The van der Waals surface area contributed by atoms with Crippen LogP contribution in [-0.2, 0) is 27.7 Å². The molecule has 3 rings (SSSR count). The molecule has 7 nitrogen and oxygen atoms in total. The van der Waals surface area contributed by atoms with Gasteiger partial charge in [-0.25, -0.2) is 13.2 Å². The van der Waals surface area contributed by atoms with Gasteiger partial charge in [0.25, 0.3) is 0 Å². The second-order valence-corrected chi connectivity index (χ2v) is 10.3. The lowest BCUT2D eigenvalue weighted by atomic mass is 10.2. The van der Waals surface area contributed by atoms with E-state index in [0.29, 0.717) is 36.3 Å². The van der Waals surface area contributed by atoms with Crippen molar-refractivity contribution >= 4 is 39.1 Å². The van der Waals surface area contributed by atoms with Gasteiger partial charge in [0.05, 0.1) is 27.7 Å². The predicted molar refractivity (Wildman–Crippen MR) is 121 cm³/mol. The molecule has 31 heavy (non-hydrogen) atoms. The minimum absolute atomic E-state index is 0.115. The Labute approximate surface area is 192 Å². The number of hydrogen-bond acceptors (Lipinski definition) is 5. The molecule has 2 aromatic rings. The van der Waals surface area contributed by atoms with Crippen molar-refractivity contribution in [3.63, 3.8) is 0 Å². The van der Waals surface area contributed by atoms with Crippen LogP contribution in [0, 0.1) is 0 Å². The zero-order valence-electron chi connectivity index (χ0n) is 17.1. The van der Waals surface area contributed by atoms with Crippen molar-refractivity contribution in [2.75, 3.05) is 32.5 Å². The van der Waals surface area contributed by atoms with Crippen molar-refractivity contribution < 1.29 is 17.9 Å². The average molecular weight is 486 g/mol. The molecule has 10 heteroatoms. The highest BCUT2D eigenvalue weighted by molar-refractivity contribution is 7.90. The number of sulfone groups is 1. The van der Waals surface area contributed by atoms with Gasteiger partial charge in [0, 0.05) is 39.0 Å². The summed E-state index contributed by atoms with van der Waals surface area (Å²) < 4.78 is 28.7. The van der Waals surface area contributed by atoms with Gasteiger partial charge in [-0.1, -0.05) is 41.4 Å². The van der Waals surface area contributed by atoms with Gasteiger partial charge in [-0.3, -0.25) is 4.90 Å². The minimum Gasteiger partial charge on any atom is -0.374 e. The third-order valence-corrected chi connectivity index (χ3v) is 6.78. The fourth-order valence-electron chi connectivity index (χ4n) is 3.25. The first-order chi connectivity index (χ1) is 14.7. The van der Waals surface area contributed by atoms with Crippen LogP contribution in [-0.4, -0.2) is 57.9 Å². The van der Waals surface area contributed by atoms with E-state index in [-0.39, 0.29) is 17.0 Å². The lowest BCUT2D eigenvalue weighted by Gasteiger charge is -2.33. The molecule has 0 aliphatic carbocycles. The van der Waals surface area contributed by atoms with Crippen molar-refractivity contribution in [1.29, 1.82) is 0 Å². The second-order valence-electron chi connectivity index (χ2n) is 7.46. The Balaban J connectivity index is 1.41. The molecule has 1 atom stereocenters. The van der Waals surface area contributed by atoms with Gasteiger partial charge in [0.15, 0.2) is 9.84 Å². The number of rotatable bonds is 7. The SMILES string of the molecule is CS(=O)(=O)c1ccc(CNC(=O)NCC2CN(Cc3ccc(Cl)c(Cl)c3)CCO2)cc1. The summed E-state index contributed by atoms with van der Waals surface area (Å²) in [6.45, 7) is 3.48. The highest BCUT2D eigenvalue weighted by atomic mass is 35.5. The Bertz CT molecular complexity index is 1020. The number of nitrogens with one attached hydrogen (secondary N) is 2. The summed E-state index contributed by atoms with van der Waals surface area (Å²) in [4.78, 5) is 14.6. The summed E-state index contributed by atoms with van der Waals surface area (Å²) >= 11 is 12.1. The summed E-state index contributed by atoms with van der Waals surface area (Å²) in [7, 11) is -3.23. The van der Waals surface area contributed by atoms with Crippen LogP contribution in [0.25, 0.3) is 0 Å². The van der Waals surface area contributed by atoms with Crippen molar-refractivity contribution in [2.45, 2.75) is 24.1 Å². The number of benzene rings is 2. The molecule has 168 valence electrons. The number of hydrogen-bond donors (Lipinski definition) is 2. The quantitative estimate of drug-likeness (QED) is 0.628. The van der Waals surface area contributed by atoms with Crippen molar-refractivity contribution in [1.82, 2.24) is 15.5 Å². The number of amides is 2. The van der Waals surface area contributed by atoms with Crippen molar-refractivity contribution in [2.24, 2.45) is 0 Å². The molecule has 1 saturated heterocycles. The number of nitrogens with zero attached hydrogens (tertiary/aromatic N) is 1. The van der Waals surface area contributed by atoms with Crippen LogP contribution in [0.2, 0.25) is 10.0 Å². The van der Waals surface area contributed by atoms with Crippen LogP contribution in [0.15, 0.2) is 47.4 Å². The lowest BCUT2D eigenvalue weighted by molar-refractivity contribution is -0.0287. The number of morpholine rings is 1. The number of halogens is 2. The van der Waals surface area contributed by atoms with Crippen LogP contribution in [0.3, 0.4) is 0 Å². The van der Waals surface area contributed by atoms with E-state index < -0.39 is 9.84 Å². The Hall–Kier alpha value is -1.84. The zero-order chi connectivity index (χ0) is 22.4. The van der Waals surface area contributed by atoms with Crippen LogP contribution >= 0.6 is 23.2 Å². The van der Waals surface area contributed by atoms with Gasteiger partial charge < -0.3 is 15.4 Å². The number of urea groups is 1. The Morgan fingerprint density at radius 3 is 2.48 bits per heavy atom. The normalized spacial score (nSPS) is 17.3. The Morgan fingerprint density at radius 2 is 1.81 bits per heavy atom. The lowest BCUT2D eigenvalue weighted by Crippen LogP contribution is -2.48. The van der Waals surface area contributed by atoms with E-state index in [2.05, 4.69) is 15.5 Å². The molecule has 0 aromatic heterocycles. The summed E-state index contributed by atoms with van der Waals surface area (Å²) in [5, 5.41) is 6.66. The largest absolute Gasteiger partial charge is 0.374 e. The molecule has 0 radical (unpaired) electrons. The third kappa shape index (κ3) is 7.36. The fourth-order valence-corrected chi connectivity index (χ4v) is 4.20. The highest BCUT2D eigenvalue weighted by Crippen LogP contribution is 2.23. The second kappa shape index (κ2) is 10.7. The molecular formula is C21H25Cl2N3O4S. The van der Waals surface area contributed by atoms with Gasteiger partial charge in [0.2, 0.25) is 0 Å². The number of ether oxygens (including phenoxy) is 1. The van der Waals surface area contributed by atoms with Gasteiger partial charge in [-0.15, -0.1) is 0 Å². The Morgan fingerprint density at radius 1 is 1.10 bits per heavy atom. The molecule has 1 fully saturated rings.